The third-order valence-electron chi connectivity index (χ3n) is 5.95. The molecule has 0 aliphatic carbocycles. The van der Waals surface area contributed by atoms with E-state index in [4.69, 9.17) is 4.74 Å². The standard InChI is InChI=1S/C22H26FN3O2/c1-4-28-20-13-16(17(23)11-14(20)2)15-6-9-24-19(12-15)18-5-7-22(25-18)8-10-26(3)21(22)27/h6,9,11-13,18,25H,4-5,7-8,10H2,1-3H3/t18-,22-/m0/s1. The van der Waals surface area contributed by atoms with Crippen LogP contribution in [0.2, 0.25) is 0 Å². The Morgan fingerprint density at radius 1 is 1.36 bits per heavy atom. The second-order valence-electron chi connectivity index (χ2n) is 7.79. The van der Waals surface area contributed by atoms with Crippen LogP contribution in [-0.2, 0) is 4.79 Å². The van der Waals surface area contributed by atoms with Crippen molar-refractivity contribution in [3.8, 4) is 16.9 Å². The molecule has 1 aromatic carbocycles. The number of likely N-dealkylation sites (tertiary alicyclic amines) is 1. The van der Waals surface area contributed by atoms with Gasteiger partial charge in [-0.2, -0.15) is 0 Å². The molecule has 0 saturated carbocycles. The van der Waals surface area contributed by atoms with E-state index in [0.29, 0.717) is 17.9 Å². The zero-order chi connectivity index (χ0) is 19.9. The molecule has 0 unspecified atom stereocenters. The highest BCUT2D eigenvalue weighted by molar-refractivity contribution is 5.88. The number of hydrogen-bond acceptors (Lipinski definition) is 4. The maximum absolute atomic E-state index is 14.7. The van der Waals surface area contributed by atoms with Crippen molar-refractivity contribution in [2.24, 2.45) is 0 Å². The van der Waals surface area contributed by atoms with E-state index in [0.717, 1.165) is 42.6 Å². The van der Waals surface area contributed by atoms with Gasteiger partial charge in [-0.1, -0.05) is 0 Å². The first-order chi connectivity index (χ1) is 13.4. The monoisotopic (exact) mass is 383 g/mol. The smallest absolute Gasteiger partial charge is 0.242 e. The largest absolute Gasteiger partial charge is 0.494 e. The van der Waals surface area contributed by atoms with Crippen molar-refractivity contribution in [2.45, 2.75) is 44.7 Å². The molecule has 2 saturated heterocycles. The molecule has 1 aromatic heterocycles. The number of nitrogens with zero attached hydrogens (tertiary/aromatic N) is 2. The summed E-state index contributed by atoms with van der Waals surface area (Å²) in [7, 11) is 1.85. The topological polar surface area (TPSA) is 54.5 Å². The lowest BCUT2D eigenvalue weighted by Crippen LogP contribution is -2.47. The van der Waals surface area contributed by atoms with Crippen LogP contribution in [0, 0.1) is 12.7 Å². The first-order valence-electron chi connectivity index (χ1n) is 9.86. The third-order valence-corrected chi connectivity index (χ3v) is 5.95. The van der Waals surface area contributed by atoms with Crippen LogP contribution < -0.4 is 10.1 Å². The maximum atomic E-state index is 14.7. The minimum atomic E-state index is -0.464. The predicted octanol–water partition coefficient (Wildman–Crippen LogP) is 3.62. The molecule has 28 heavy (non-hydrogen) atoms. The fourth-order valence-corrected chi connectivity index (χ4v) is 4.38. The third kappa shape index (κ3) is 3.15. The number of hydrogen-bond donors (Lipinski definition) is 1. The van der Waals surface area contributed by atoms with E-state index < -0.39 is 5.54 Å². The fourth-order valence-electron chi connectivity index (χ4n) is 4.38. The van der Waals surface area contributed by atoms with Gasteiger partial charge in [-0.05, 0) is 68.5 Å². The normalized spacial score (nSPS) is 24.4. The first-order valence-corrected chi connectivity index (χ1v) is 9.86. The van der Waals surface area contributed by atoms with Crippen LogP contribution in [0.1, 0.15) is 43.5 Å². The van der Waals surface area contributed by atoms with Gasteiger partial charge in [0.25, 0.3) is 0 Å². The lowest BCUT2D eigenvalue weighted by molar-refractivity contribution is -0.131. The zero-order valence-corrected chi connectivity index (χ0v) is 16.6. The molecule has 2 aliphatic rings. The summed E-state index contributed by atoms with van der Waals surface area (Å²) in [6.07, 6.45) is 4.18. The van der Waals surface area contributed by atoms with Crippen molar-refractivity contribution >= 4 is 5.91 Å². The summed E-state index contributed by atoms with van der Waals surface area (Å²) >= 11 is 0. The summed E-state index contributed by atoms with van der Waals surface area (Å²) in [5, 5.41) is 3.52. The van der Waals surface area contributed by atoms with Crippen LogP contribution in [0.4, 0.5) is 4.39 Å². The average molecular weight is 383 g/mol. The van der Waals surface area contributed by atoms with E-state index in [2.05, 4.69) is 10.3 Å². The number of nitrogens with one attached hydrogen (secondary N) is 1. The number of aromatic nitrogens is 1. The van der Waals surface area contributed by atoms with Gasteiger partial charge >= 0.3 is 0 Å². The number of ether oxygens (including phenoxy) is 1. The van der Waals surface area contributed by atoms with Crippen molar-refractivity contribution in [1.29, 1.82) is 0 Å². The van der Waals surface area contributed by atoms with Gasteiger partial charge in [-0.25, -0.2) is 4.39 Å². The van der Waals surface area contributed by atoms with E-state index in [1.807, 2.05) is 33.0 Å². The van der Waals surface area contributed by atoms with Gasteiger partial charge in [-0.15, -0.1) is 0 Å². The van der Waals surface area contributed by atoms with E-state index in [1.165, 1.54) is 6.07 Å². The number of halogens is 1. The van der Waals surface area contributed by atoms with Crippen molar-refractivity contribution in [3.63, 3.8) is 0 Å². The SMILES string of the molecule is CCOc1cc(-c2ccnc([C@@H]3CC[C@@]4(CCN(C)C4=O)N3)c2)c(F)cc1C. The molecule has 4 rings (SSSR count). The minimum Gasteiger partial charge on any atom is -0.494 e. The first kappa shape index (κ1) is 18.9. The Morgan fingerprint density at radius 2 is 2.18 bits per heavy atom. The summed E-state index contributed by atoms with van der Waals surface area (Å²) in [4.78, 5) is 18.8. The van der Waals surface area contributed by atoms with E-state index >= 15 is 0 Å². The minimum absolute atomic E-state index is 0.00438. The molecule has 1 N–H and O–H groups in total. The second kappa shape index (κ2) is 7.17. The highest BCUT2D eigenvalue weighted by atomic mass is 19.1. The van der Waals surface area contributed by atoms with Gasteiger partial charge in [-0.3, -0.25) is 15.1 Å². The molecule has 2 aliphatic heterocycles. The number of carbonyl (C=O) groups is 1. The lowest BCUT2D eigenvalue weighted by atomic mass is 9.96. The van der Waals surface area contributed by atoms with E-state index in [9.17, 15) is 9.18 Å². The van der Waals surface area contributed by atoms with Crippen LogP contribution in [0.15, 0.2) is 30.5 Å². The highest BCUT2D eigenvalue weighted by Gasteiger charge is 2.50. The molecular formula is C22H26FN3O2. The van der Waals surface area contributed by atoms with Crippen LogP contribution in [0.3, 0.4) is 0 Å². The van der Waals surface area contributed by atoms with Crippen LogP contribution >= 0.6 is 0 Å². The van der Waals surface area contributed by atoms with Crippen molar-refractivity contribution in [3.05, 3.63) is 47.5 Å². The quantitative estimate of drug-likeness (QED) is 0.876. The number of carbonyl (C=O) groups excluding carboxylic acids is 1. The van der Waals surface area contributed by atoms with Crippen LogP contribution in [0.25, 0.3) is 11.1 Å². The molecule has 0 radical (unpaired) electrons. The van der Waals surface area contributed by atoms with Gasteiger partial charge in [0.15, 0.2) is 0 Å². The Kier molecular flexibility index (Phi) is 4.83. The maximum Gasteiger partial charge on any atom is 0.242 e. The molecule has 6 heteroatoms. The highest BCUT2D eigenvalue weighted by Crippen LogP contribution is 2.39. The molecule has 3 heterocycles. The lowest BCUT2D eigenvalue weighted by Gasteiger charge is -2.23. The summed E-state index contributed by atoms with van der Waals surface area (Å²) in [6.45, 7) is 5.06. The summed E-state index contributed by atoms with van der Waals surface area (Å²) in [5.74, 6) is 0.577. The van der Waals surface area contributed by atoms with Gasteiger partial charge in [0, 0.05) is 25.4 Å². The fraction of sp³-hybridized carbons (Fsp3) is 0.455. The summed E-state index contributed by atoms with van der Waals surface area (Å²) in [5.41, 5.74) is 2.42. The Balaban J connectivity index is 1.63. The van der Waals surface area contributed by atoms with Crippen LogP contribution in [0.5, 0.6) is 5.75 Å². The molecule has 5 nitrogen and oxygen atoms in total. The Morgan fingerprint density at radius 3 is 2.89 bits per heavy atom. The van der Waals surface area contributed by atoms with Crippen molar-refractivity contribution in [2.75, 3.05) is 20.2 Å². The van der Waals surface area contributed by atoms with Gasteiger partial charge in [0.2, 0.25) is 5.91 Å². The molecule has 2 fully saturated rings. The zero-order valence-electron chi connectivity index (χ0n) is 16.6. The number of pyridine rings is 1. The molecule has 0 bridgehead atoms. The van der Waals surface area contributed by atoms with Crippen molar-refractivity contribution < 1.29 is 13.9 Å². The van der Waals surface area contributed by atoms with Gasteiger partial charge in [0.05, 0.1) is 18.3 Å². The number of aryl methyl sites for hydroxylation is 1. The Labute approximate surface area is 164 Å². The van der Waals surface area contributed by atoms with E-state index in [1.54, 1.807) is 17.2 Å². The molecule has 148 valence electrons. The van der Waals surface area contributed by atoms with E-state index in [-0.39, 0.29) is 17.8 Å². The molecular weight excluding hydrogens is 357 g/mol. The second-order valence-corrected chi connectivity index (χ2v) is 7.79. The van der Waals surface area contributed by atoms with Gasteiger partial charge in [0.1, 0.15) is 17.1 Å². The molecule has 1 spiro atoms. The number of benzene rings is 1. The summed E-state index contributed by atoms with van der Waals surface area (Å²) < 4.78 is 20.3. The number of rotatable bonds is 4. The van der Waals surface area contributed by atoms with Gasteiger partial charge < -0.3 is 9.64 Å². The number of likely N-dealkylation sites (N-methyl/N-ethyl adjacent to an activating group) is 1. The van der Waals surface area contributed by atoms with Crippen LogP contribution in [-0.4, -0.2) is 41.5 Å². The Bertz CT molecular complexity index is 917. The van der Waals surface area contributed by atoms with Crippen molar-refractivity contribution in [1.82, 2.24) is 15.2 Å². The molecule has 2 aromatic rings. The molecule has 2 atom stereocenters. The molecule has 1 amide bonds. The Hall–Kier alpha value is -2.47. The predicted molar refractivity (Wildman–Crippen MR) is 106 cm³/mol. The number of amides is 1. The average Bonchev–Trinajstić information content (AvgIpc) is 3.24. The summed E-state index contributed by atoms with van der Waals surface area (Å²) in [6, 6.07) is 6.99.